The molecule has 0 aliphatic carbocycles. The van der Waals surface area contributed by atoms with E-state index in [0.717, 1.165) is 11.5 Å². The number of carbonyl (C=O) groups is 1. The number of carbonyl (C=O) groups excluding carboxylic acids is 1. The maximum atomic E-state index is 11.6. The number of nitrogens with one attached hydrogen (secondary N) is 1. The highest BCUT2D eigenvalue weighted by Crippen LogP contribution is 2.13. The summed E-state index contributed by atoms with van der Waals surface area (Å²) in [7, 11) is 1.91. The summed E-state index contributed by atoms with van der Waals surface area (Å²) in [5.41, 5.74) is 0.446. The summed E-state index contributed by atoms with van der Waals surface area (Å²) < 4.78 is 7.09. The van der Waals surface area contributed by atoms with Crippen LogP contribution >= 0.6 is 0 Å². The minimum atomic E-state index is -0.485. The topological polar surface area (TPSA) is 56.2 Å². The molecule has 0 saturated heterocycles. The number of rotatable bonds is 2. The Balaban J connectivity index is 2.64. The van der Waals surface area contributed by atoms with Crippen molar-refractivity contribution in [2.75, 3.05) is 0 Å². The fraction of sp³-hybridized carbons (Fsp3) is 0.667. The Morgan fingerprint density at radius 2 is 2.12 bits per heavy atom. The van der Waals surface area contributed by atoms with Gasteiger partial charge >= 0.3 is 6.09 Å². The molecule has 1 heterocycles. The monoisotopic (exact) mass is 239 g/mol. The van der Waals surface area contributed by atoms with Crippen molar-refractivity contribution in [3.8, 4) is 0 Å². The molecule has 1 amide bonds. The van der Waals surface area contributed by atoms with Crippen molar-refractivity contribution in [1.82, 2.24) is 14.9 Å². The fourth-order valence-corrected chi connectivity index (χ4v) is 1.59. The van der Waals surface area contributed by atoms with Gasteiger partial charge in [0.1, 0.15) is 11.4 Å². The number of alkyl carbamates (subject to hydrolysis) is 1. The van der Waals surface area contributed by atoms with Gasteiger partial charge in [0.25, 0.3) is 0 Å². The average molecular weight is 239 g/mol. The molecule has 0 aromatic carbocycles. The van der Waals surface area contributed by atoms with Crippen LogP contribution < -0.4 is 5.32 Å². The molecule has 5 heteroatoms. The molecule has 0 fully saturated rings. The Morgan fingerprint density at radius 1 is 1.53 bits per heavy atom. The van der Waals surface area contributed by atoms with Gasteiger partial charge in [-0.15, -0.1) is 0 Å². The first kappa shape index (κ1) is 13.5. The summed E-state index contributed by atoms with van der Waals surface area (Å²) in [6.45, 7) is 9.31. The van der Waals surface area contributed by atoms with Gasteiger partial charge in [0.2, 0.25) is 0 Å². The molecule has 1 rings (SSSR count). The number of aryl methyl sites for hydroxylation is 2. The molecule has 0 radical (unpaired) electrons. The van der Waals surface area contributed by atoms with Gasteiger partial charge in [-0.25, -0.2) is 9.78 Å². The van der Waals surface area contributed by atoms with Crippen LogP contribution in [0.3, 0.4) is 0 Å². The fourth-order valence-electron chi connectivity index (χ4n) is 1.59. The molecule has 17 heavy (non-hydrogen) atoms. The van der Waals surface area contributed by atoms with Crippen LogP contribution in [0.4, 0.5) is 4.79 Å². The Kier molecular flexibility index (Phi) is 3.80. The van der Waals surface area contributed by atoms with Crippen molar-refractivity contribution in [3.63, 3.8) is 0 Å². The van der Waals surface area contributed by atoms with Crippen LogP contribution in [0.1, 0.15) is 45.3 Å². The third-order valence-electron chi connectivity index (χ3n) is 2.15. The average Bonchev–Trinajstić information content (AvgIpc) is 2.41. The molecule has 0 bridgehead atoms. The molecule has 0 spiro atoms. The molecular weight excluding hydrogens is 218 g/mol. The highest BCUT2D eigenvalue weighted by molar-refractivity contribution is 5.68. The van der Waals surface area contributed by atoms with E-state index in [9.17, 15) is 4.79 Å². The van der Waals surface area contributed by atoms with Gasteiger partial charge in [0.05, 0.1) is 11.7 Å². The van der Waals surface area contributed by atoms with Gasteiger partial charge in [-0.05, 0) is 34.6 Å². The first-order chi connectivity index (χ1) is 7.69. The Morgan fingerprint density at radius 3 is 2.53 bits per heavy atom. The molecule has 0 aliphatic rings. The minimum Gasteiger partial charge on any atom is -0.444 e. The van der Waals surface area contributed by atoms with E-state index in [1.54, 1.807) is 0 Å². The van der Waals surface area contributed by atoms with E-state index < -0.39 is 11.7 Å². The van der Waals surface area contributed by atoms with Gasteiger partial charge in [-0.1, -0.05) is 0 Å². The summed E-state index contributed by atoms with van der Waals surface area (Å²) in [6.07, 6.45) is 1.49. The van der Waals surface area contributed by atoms with E-state index in [4.69, 9.17) is 4.74 Å². The smallest absolute Gasteiger partial charge is 0.408 e. The molecule has 0 saturated carbocycles. The van der Waals surface area contributed by atoms with Gasteiger partial charge < -0.3 is 14.6 Å². The second-order valence-electron chi connectivity index (χ2n) is 5.22. The number of hydrogen-bond acceptors (Lipinski definition) is 3. The van der Waals surface area contributed by atoms with E-state index in [-0.39, 0.29) is 6.04 Å². The predicted octanol–water partition coefficient (Wildman–Crippen LogP) is 2.31. The summed E-state index contributed by atoms with van der Waals surface area (Å²) in [4.78, 5) is 15.9. The maximum Gasteiger partial charge on any atom is 0.408 e. The van der Waals surface area contributed by atoms with Gasteiger partial charge in [-0.2, -0.15) is 0 Å². The molecule has 1 N–H and O–H groups in total. The second-order valence-corrected chi connectivity index (χ2v) is 5.22. The van der Waals surface area contributed by atoms with Crippen molar-refractivity contribution in [2.45, 2.75) is 46.3 Å². The zero-order chi connectivity index (χ0) is 13.2. The van der Waals surface area contributed by atoms with E-state index in [2.05, 4.69) is 10.3 Å². The van der Waals surface area contributed by atoms with Crippen LogP contribution in [-0.2, 0) is 11.8 Å². The standard InChI is InChI=1S/C12H21N3O2/c1-8-7-15(6)10(13-8)9(2)14-11(16)17-12(3,4)5/h7,9H,1-6H3,(H,14,16). The normalized spacial score (nSPS) is 13.3. The SMILES string of the molecule is Cc1cn(C)c(C(C)NC(=O)OC(C)(C)C)n1. The molecule has 5 nitrogen and oxygen atoms in total. The number of hydrogen-bond donors (Lipinski definition) is 1. The zero-order valence-electron chi connectivity index (χ0n) is 11.4. The first-order valence-electron chi connectivity index (χ1n) is 5.68. The van der Waals surface area contributed by atoms with Crippen molar-refractivity contribution in [3.05, 3.63) is 17.7 Å². The van der Waals surface area contributed by atoms with Gasteiger partial charge in [0.15, 0.2) is 0 Å². The lowest BCUT2D eigenvalue weighted by atomic mass is 10.2. The minimum absolute atomic E-state index is 0.177. The molecular formula is C12H21N3O2. The molecule has 1 aromatic heterocycles. The number of amides is 1. The quantitative estimate of drug-likeness (QED) is 0.861. The van der Waals surface area contributed by atoms with E-state index >= 15 is 0 Å². The number of nitrogens with zero attached hydrogens (tertiary/aromatic N) is 2. The molecule has 0 aliphatic heterocycles. The first-order valence-corrected chi connectivity index (χ1v) is 5.68. The van der Waals surface area contributed by atoms with Crippen LogP contribution in [0.25, 0.3) is 0 Å². The van der Waals surface area contributed by atoms with E-state index in [0.29, 0.717) is 0 Å². The highest BCUT2D eigenvalue weighted by atomic mass is 16.6. The molecule has 1 aromatic rings. The van der Waals surface area contributed by atoms with Crippen molar-refractivity contribution >= 4 is 6.09 Å². The van der Waals surface area contributed by atoms with Gasteiger partial charge in [-0.3, -0.25) is 0 Å². The Hall–Kier alpha value is -1.52. The largest absolute Gasteiger partial charge is 0.444 e. The summed E-state index contributed by atoms with van der Waals surface area (Å²) in [5.74, 6) is 0.813. The van der Waals surface area contributed by atoms with Crippen molar-refractivity contribution < 1.29 is 9.53 Å². The summed E-state index contributed by atoms with van der Waals surface area (Å²) in [5, 5.41) is 2.76. The van der Waals surface area contributed by atoms with E-state index in [1.807, 2.05) is 52.4 Å². The zero-order valence-corrected chi connectivity index (χ0v) is 11.4. The van der Waals surface area contributed by atoms with Crippen molar-refractivity contribution in [2.24, 2.45) is 7.05 Å². The molecule has 1 unspecified atom stereocenters. The molecule has 96 valence electrons. The van der Waals surface area contributed by atoms with Crippen molar-refractivity contribution in [1.29, 1.82) is 0 Å². The third kappa shape index (κ3) is 4.09. The lowest BCUT2D eigenvalue weighted by molar-refractivity contribution is 0.0505. The second kappa shape index (κ2) is 4.77. The summed E-state index contributed by atoms with van der Waals surface area (Å²) >= 11 is 0. The van der Waals surface area contributed by atoms with Crippen LogP contribution in [0.15, 0.2) is 6.20 Å². The van der Waals surface area contributed by atoms with Crippen LogP contribution in [-0.4, -0.2) is 21.2 Å². The van der Waals surface area contributed by atoms with Crippen LogP contribution in [0, 0.1) is 6.92 Å². The predicted molar refractivity (Wildman–Crippen MR) is 65.7 cm³/mol. The number of aromatic nitrogens is 2. The number of ether oxygens (including phenoxy) is 1. The summed E-state index contributed by atoms with van der Waals surface area (Å²) in [6, 6.07) is -0.177. The number of imidazole rings is 1. The maximum absolute atomic E-state index is 11.6. The lowest BCUT2D eigenvalue weighted by Crippen LogP contribution is -2.34. The van der Waals surface area contributed by atoms with Crippen LogP contribution in [0.5, 0.6) is 0 Å². The van der Waals surface area contributed by atoms with E-state index in [1.165, 1.54) is 0 Å². The highest BCUT2D eigenvalue weighted by Gasteiger charge is 2.20. The Bertz CT molecular complexity index is 404. The van der Waals surface area contributed by atoms with Gasteiger partial charge in [0, 0.05) is 13.2 Å². The lowest BCUT2D eigenvalue weighted by Gasteiger charge is -2.21. The third-order valence-corrected chi connectivity index (χ3v) is 2.15. The Labute approximate surface area is 102 Å². The van der Waals surface area contributed by atoms with Crippen LogP contribution in [0.2, 0.25) is 0 Å². The molecule has 1 atom stereocenters.